The Labute approximate surface area is 217 Å². The first-order valence-electron chi connectivity index (χ1n) is 12.1. The molecule has 0 aliphatic carbocycles. The van der Waals surface area contributed by atoms with Gasteiger partial charge in [0.25, 0.3) is 5.56 Å². The summed E-state index contributed by atoms with van der Waals surface area (Å²) in [4.78, 5) is 60.3. The van der Waals surface area contributed by atoms with Crippen LogP contribution in [0.25, 0.3) is 11.2 Å². The number of aliphatic hydroxyl groups excluding tert-OH is 1. The van der Waals surface area contributed by atoms with Crippen LogP contribution in [-0.4, -0.2) is 67.9 Å². The first-order chi connectivity index (χ1) is 18.2. The van der Waals surface area contributed by atoms with E-state index in [0.29, 0.717) is 5.56 Å². The summed E-state index contributed by atoms with van der Waals surface area (Å²) in [5.74, 6) is -2.49. The lowest BCUT2D eigenvalue weighted by atomic mass is 9.94. The quantitative estimate of drug-likeness (QED) is 0.345. The van der Waals surface area contributed by atoms with Crippen LogP contribution in [0.5, 0.6) is 0 Å². The summed E-state index contributed by atoms with van der Waals surface area (Å²) in [6.07, 6.45) is -1.20. The topological polar surface area (TPSA) is 175 Å². The number of carbonyl (C=O) groups excluding carboxylic acids is 3. The van der Waals surface area contributed by atoms with Gasteiger partial charge >= 0.3 is 11.9 Å². The highest BCUT2D eigenvalue weighted by Crippen LogP contribution is 2.39. The number of aliphatic hydroxyl groups is 1. The van der Waals surface area contributed by atoms with Crippen LogP contribution in [0, 0.1) is 11.8 Å². The Balaban J connectivity index is 1.66. The summed E-state index contributed by atoms with van der Waals surface area (Å²) in [5.41, 5.74) is -0.164. The largest absolute Gasteiger partial charge is 0.459 e. The van der Waals surface area contributed by atoms with Gasteiger partial charge in [0.2, 0.25) is 11.9 Å². The van der Waals surface area contributed by atoms with Crippen molar-refractivity contribution in [1.29, 1.82) is 0 Å². The van der Waals surface area contributed by atoms with Crippen molar-refractivity contribution in [2.75, 3.05) is 18.5 Å². The Morgan fingerprint density at radius 2 is 1.97 bits per heavy atom. The predicted octanol–water partition coefficient (Wildman–Crippen LogP) is 1.40. The summed E-state index contributed by atoms with van der Waals surface area (Å²) >= 11 is 0. The van der Waals surface area contributed by atoms with Crippen molar-refractivity contribution in [3.8, 4) is 0 Å². The number of anilines is 1. The molecule has 0 spiro atoms. The zero-order chi connectivity index (χ0) is 27.4. The molecular weight excluding hydrogens is 498 g/mol. The van der Waals surface area contributed by atoms with Gasteiger partial charge in [-0.1, -0.05) is 32.0 Å². The van der Waals surface area contributed by atoms with Gasteiger partial charge in [-0.2, -0.15) is 4.98 Å². The van der Waals surface area contributed by atoms with Crippen molar-refractivity contribution < 1.29 is 33.7 Å². The van der Waals surface area contributed by atoms with Gasteiger partial charge in [-0.3, -0.25) is 29.3 Å². The number of rotatable bonds is 9. The lowest BCUT2D eigenvalue weighted by molar-refractivity contribution is -0.154. The van der Waals surface area contributed by atoms with Gasteiger partial charge in [0.05, 0.1) is 11.9 Å². The standard InChI is InChI=1S/C25H29N5O8/c1-13(2)21(33)28-25-27-20-18(22(34)29-25)26-12-30(20)23-19(37-14(3)32)16(9-10-31)17(38-23)11-36-24(35)15-7-5-4-6-8-15/h4-8,12-13,16-17,19,23,31H,9-11H2,1-3H3,(H2,27,28,29,33,34)/t16-,17+,19?,23+/m0/s1. The summed E-state index contributed by atoms with van der Waals surface area (Å²) in [6.45, 7) is 4.21. The van der Waals surface area contributed by atoms with Crippen LogP contribution in [0.1, 0.15) is 43.8 Å². The van der Waals surface area contributed by atoms with Crippen molar-refractivity contribution in [2.24, 2.45) is 11.8 Å². The molecule has 38 heavy (non-hydrogen) atoms. The second kappa shape index (κ2) is 11.5. The molecule has 1 unspecified atom stereocenters. The molecule has 3 aromatic rings. The molecular formula is C25H29N5O8. The van der Waals surface area contributed by atoms with Crippen LogP contribution in [0.4, 0.5) is 5.95 Å². The van der Waals surface area contributed by atoms with E-state index in [1.54, 1.807) is 44.2 Å². The molecule has 0 radical (unpaired) electrons. The SMILES string of the molecule is CC(=O)OC1[C@@H](CCO)[C@@H](COC(=O)c2ccccc2)O[C@H]1n1cnc2c(=O)[nH]c(NC(=O)C(C)C)nc21. The van der Waals surface area contributed by atoms with E-state index in [4.69, 9.17) is 14.2 Å². The Hall–Kier alpha value is -4.10. The number of hydrogen-bond acceptors (Lipinski definition) is 10. The van der Waals surface area contributed by atoms with Gasteiger partial charge < -0.3 is 19.3 Å². The highest BCUT2D eigenvalue weighted by atomic mass is 16.6. The molecule has 4 atom stereocenters. The number of esters is 2. The van der Waals surface area contributed by atoms with Gasteiger partial charge in [0.1, 0.15) is 12.7 Å². The number of amides is 1. The molecule has 1 amide bonds. The van der Waals surface area contributed by atoms with Crippen molar-refractivity contribution in [3.05, 3.63) is 52.6 Å². The van der Waals surface area contributed by atoms with Crippen molar-refractivity contribution in [3.63, 3.8) is 0 Å². The molecule has 1 aromatic carbocycles. The lowest BCUT2D eigenvalue weighted by Crippen LogP contribution is -2.33. The number of H-pyrrole nitrogens is 1. The van der Waals surface area contributed by atoms with E-state index in [0.717, 1.165) is 0 Å². The fourth-order valence-electron chi connectivity index (χ4n) is 4.25. The first kappa shape index (κ1) is 26.9. The number of aromatic nitrogens is 4. The van der Waals surface area contributed by atoms with E-state index < -0.39 is 41.9 Å². The average molecular weight is 528 g/mol. The minimum atomic E-state index is -1.01. The zero-order valence-electron chi connectivity index (χ0n) is 21.1. The van der Waals surface area contributed by atoms with E-state index in [2.05, 4.69) is 20.3 Å². The van der Waals surface area contributed by atoms with E-state index in [1.165, 1.54) is 17.8 Å². The van der Waals surface area contributed by atoms with Crippen molar-refractivity contribution in [1.82, 2.24) is 19.5 Å². The lowest BCUT2D eigenvalue weighted by Gasteiger charge is -2.23. The number of hydrogen-bond donors (Lipinski definition) is 3. The number of imidazole rings is 1. The van der Waals surface area contributed by atoms with E-state index in [9.17, 15) is 24.3 Å². The second-order valence-electron chi connectivity index (χ2n) is 9.16. The zero-order valence-corrected chi connectivity index (χ0v) is 21.1. The van der Waals surface area contributed by atoms with Crippen LogP contribution in [-0.2, 0) is 23.8 Å². The van der Waals surface area contributed by atoms with Crippen molar-refractivity contribution in [2.45, 2.75) is 45.6 Å². The average Bonchev–Trinajstić information content (AvgIpc) is 3.44. The normalized spacial score (nSPS) is 21.0. The summed E-state index contributed by atoms with van der Waals surface area (Å²) in [5, 5.41) is 12.3. The molecule has 1 fully saturated rings. The number of benzene rings is 1. The van der Waals surface area contributed by atoms with Crippen LogP contribution < -0.4 is 10.9 Å². The molecule has 3 N–H and O–H groups in total. The predicted molar refractivity (Wildman–Crippen MR) is 133 cm³/mol. The Kier molecular flexibility index (Phi) is 8.17. The van der Waals surface area contributed by atoms with Crippen LogP contribution in [0.3, 0.4) is 0 Å². The molecule has 0 bridgehead atoms. The Morgan fingerprint density at radius 3 is 2.63 bits per heavy atom. The molecule has 4 rings (SSSR count). The summed E-state index contributed by atoms with van der Waals surface area (Å²) < 4.78 is 18.7. The number of nitrogens with one attached hydrogen (secondary N) is 2. The smallest absolute Gasteiger partial charge is 0.338 e. The third-order valence-corrected chi connectivity index (χ3v) is 6.12. The highest BCUT2D eigenvalue weighted by Gasteiger charge is 2.48. The molecule has 0 saturated carbocycles. The Bertz CT molecular complexity index is 1370. The van der Waals surface area contributed by atoms with Gasteiger partial charge in [-0.15, -0.1) is 0 Å². The molecule has 1 aliphatic heterocycles. The summed E-state index contributed by atoms with van der Waals surface area (Å²) in [7, 11) is 0. The monoisotopic (exact) mass is 527 g/mol. The van der Waals surface area contributed by atoms with Gasteiger partial charge in [0, 0.05) is 25.4 Å². The first-order valence-corrected chi connectivity index (χ1v) is 12.1. The van der Waals surface area contributed by atoms with Crippen LogP contribution >= 0.6 is 0 Å². The number of fused-ring (bicyclic) bond motifs is 1. The molecule has 1 aliphatic rings. The van der Waals surface area contributed by atoms with E-state index >= 15 is 0 Å². The minimum absolute atomic E-state index is 0.0182. The van der Waals surface area contributed by atoms with Gasteiger partial charge in [-0.25, -0.2) is 9.78 Å². The molecule has 13 nitrogen and oxygen atoms in total. The van der Waals surface area contributed by atoms with E-state index in [-0.39, 0.29) is 48.6 Å². The molecule has 202 valence electrons. The van der Waals surface area contributed by atoms with E-state index in [1.807, 2.05) is 0 Å². The van der Waals surface area contributed by atoms with Crippen LogP contribution in [0.15, 0.2) is 41.5 Å². The third-order valence-electron chi connectivity index (χ3n) is 6.12. The third kappa shape index (κ3) is 5.73. The van der Waals surface area contributed by atoms with Gasteiger partial charge in [-0.05, 0) is 18.6 Å². The highest BCUT2D eigenvalue weighted by molar-refractivity contribution is 5.91. The molecule has 1 saturated heterocycles. The number of ether oxygens (including phenoxy) is 3. The molecule has 2 aromatic heterocycles. The molecule has 3 heterocycles. The maximum absolute atomic E-state index is 12.6. The number of aromatic amines is 1. The summed E-state index contributed by atoms with van der Waals surface area (Å²) in [6, 6.07) is 8.42. The number of nitrogens with zero attached hydrogens (tertiary/aromatic N) is 3. The Morgan fingerprint density at radius 1 is 1.24 bits per heavy atom. The fourth-order valence-corrected chi connectivity index (χ4v) is 4.25. The fraction of sp³-hybridized carbons (Fsp3) is 0.440. The van der Waals surface area contributed by atoms with Crippen molar-refractivity contribution >= 4 is 35.0 Å². The second-order valence-corrected chi connectivity index (χ2v) is 9.16. The van der Waals surface area contributed by atoms with Crippen LogP contribution in [0.2, 0.25) is 0 Å². The van der Waals surface area contributed by atoms with Gasteiger partial charge in [0.15, 0.2) is 23.5 Å². The minimum Gasteiger partial charge on any atom is -0.459 e. The maximum Gasteiger partial charge on any atom is 0.338 e. The molecule has 13 heteroatoms. The maximum atomic E-state index is 12.6. The number of carbonyl (C=O) groups is 3.